The predicted octanol–water partition coefficient (Wildman–Crippen LogP) is 2.53. The summed E-state index contributed by atoms with van der Waals surface area (Å²) in [5, 5.41) is -0.0356. The molecule has 0 fully saturated rings. The zero-order chi connectivity index (χ0) is 10.6. The van der Waals surface area contributed by atoms with Crippen molar-refractivity contribution in [1.82, 2.24) is 0 Å². The molecule has 1 rings (SSSR count). The molecule has 0 saturated heterocycles. The van der Waals surface area contributed by atoms with Crippen molar-refractivity contribution in [3.63, 3.8) is 0 Å². The number of cyclic esters (lactones) is 2. The lowest BCUT2D eigenvalue weighted by Gasteiger charge is -1.98. The Balaban J connectivity index is 2.43. The average Bonchev–Trinajstić information content (AvgIpc) is 2.38. The quantitative estimate of drug-likeness (QED) is 0.403. The molecule has 1 heterocycles. The molecule has 0 spiro atoms. The second-order valence-corrected chi connectivity index (χ2v) is 3.66. The molecule has 3 nitrogen and oxygen atoms in total. The van der Waals surface area contributed by atoms with Gasteiger partial charge in [0.1, 0.15) is 5.03 Å². The topological polar surface area (TPSA) is 43.4 Å². The number of rotatable bonds is 5. The van der Waals surface area contributed by atoms with Crippen molar-refractivity contribution >= 4 is 23.5 Å². The van der Waals surface area contributed by atoms with Crippen molar-refractivity contribution in [3.8, 4) is 0 Å². The zero-order valence-corrected chi connectivity index (χ0v) is 8.89. The summed E-state index contributed by atoms with van der Waals surface area (Å²) >= 11 is 5.62. The monoisotopic (exact) mass is 216 g/mol. The van der Waals surface area contributed by atoms with E-state index in [1.165, 1.54) is 0 Å². The van der Waals surface area contributed by atoms with E-state index in [0.717, 1.165) is 25.7 Å². The summed E-state index contributed by atoms with van der Waals surface area (Å²) in [6.07, 6.45) is 4.74. The van der Waals surface area contributed by atoms with E-state index >= 15 is 0 Å². The molecule has 0 aromatic rings. The normalized spacial score (nSPS) is 16.4. The molecule has 0 unspecified atom stereocenters. The van der Waals surface area contributed by atoms with Crippen LogP contribution in [0.25, 0.3) is 0 Å². The van der Waals surface area contributed by atoms with Gasteiger partial charge in [-0.05, 0) is 12.8 Å². The van der Waals surface area contributed by atoms with E-state index in [1.54, 1.807) is 0 Å². The van der Waals surface area contributed by atoms with Crippen LogP contribution in [-0.2, 0) is 14.3 Å². The number of halogens is 1. The minimum atomic E-state index is -0.706. The van der Waals surface area contributed by atoms with Gasteiger partial charge in [-0.3, -0.25) is 0 Å². The third-order valence-corrected chi connectivity index (χ3v) is 2.54. The standard InChI is InChI=1S/C10H13ClO3/c1-2-3-4-5-6-7-8(11)10(13)14-9(7)12/h2-6H2,1H3. The lowest BCUT2D eigenvalue weighted by atomic mass is 10.1. The highest BCUT2D eigenvalue weighted by atomic mass is 35.5. The van der Waals surface area contributed by atoms with Crippen LogP contribution in [0.3, 0.4) is 0 Å². The van der Waals surface area contributed by atoms with Crippen molar-refractivity contribution < 1.29 is 14.3 Å². The third-order valence-electron chi connectivity index (χ3n) is 2.16. The highest BCUT2D eigenvalue weighted by molar-refractivity contribution is 6.45. The third kappa shape index (κ3) is 2.58. The van der Waals surface area contributed by atoms with Gasteiger partial charge in [0, 0.05) is 0 Å². The van der Waals surface area contributed by atoms with E-state index in [1.807, 2.05) is 0 Å². The highest BCUT2D eigenvalue weighted by Gasteiger charge is 2.30. The maximum atomic E-state index is 11.1. The first kappa shape index (κ1) is 11.2. The van der Waals surface area contributed by atoms with E-state index in [2.05, 4.69) is 11.7 Å². The predicted molar refractivity (Wildman–Crippen MR) is 52.7 cm³/mol. The van der Waals surface area contributed by atoms with Crippen LogP contribution in [0.5, 0.6) is 0 Å². The molecule has 0 bridgehead atoms. The molecule has 4 heteroatoms. The molecule has 0 amide bonds. The fourth-order valence-corrected chi connectivity index (χ4v) is 1.55. The Kier molecular flexibility index (Phi) is 4.14. The van der Waals surface area contributed by atoms with E-state index in [-0.39, 0.29) is 5.03 Å². The van der Waals surface area contributed by atoms with Crippen LogP contribution < -0.4 is 0 Å². The number of carbonyl (C=O) groups is 2. The van der Waals surface area contributed by atoms with Crippen LogP contribution >= 0.6 is 11.6 Å². The molecule has 14 heavy (non-hydrogen) atoms. The molecule has 0 radical (unpaired) electrons. The van der Waals surface area contributed by atoms with Gasteiger partial charge in [0.05, 0.1) is 5.57 Å². The number of carbonyl (C=O) groups excluding carboxylic acids is 2. The van der Waals surface area contributed by atoms with Gasteiger partial charge < -0.3 is 4.74 Å². The Bertz CT molecular complexity index is 281. The Hall–Kier alpha value is -0.830. The molecule has 0 atom stereocenters. The lowest BCUT2D eigenvalue weighted by Crippen LogP contribution is -2.01. The van der Waals surface area contributed by atoms with Gasteiger partial charge in [-0.2, -0.15) is 0 Å². The van der Waals surface area contributed by atoms with Crippen LogP contribution in [0, 0.1) is 0 Å². The number of ether oxygens (including phenoxy) is 1. The van der Waals surface area contributed by atoms with E-state index in [0.29, 0.717) is 12.0 Å². The van der Waals surface area contributed by atoms with Crippen molar-refractivity contribution in [2.45, 2.75) is 39.0 Å². The summed E-state index contributed by atoms with van der Waals surface area (Å²) in [5.41, 5.74) is 0.341. The number of unbranched alkanes of at least 4 members (excludes halogenated alkanes) is 3. The van der Waals surface area contributed by atoms with Crippen LogP contribution in [0.4, 0.5) is 0 Å². The van der Waals surface area contributed by atoms with E-state index in [9.17, 15) is 9.59 Å². The fraction of sp³-hybridized carbons (Fsp3) is 0.600. The number of hydrogen-bond donors (Lipinski definition) is 0. The van der Waals surface area contributed by atoms with Gasteiger partial charge in [-0.25, -0.2) is 9.59 Å². The van der Waals surface area contributed by atoms with Crippen molar-refractivity contribution in [1.29, 1.82) is 0 Å². The summed E-state index contributed by atoms with van der Waals surface area (Å²) in [6, 6.07) is 0. The first-order valence-corrected chi connectivity index (χ1v) is 5.19. The highest BCUT2D eigenvalue weighted by Crippen LogP contribution is 2.25. The summed E-state index contributed by atoms with van der Waals surface area (Å²) < 4.78 is 4.36. The minimum Gasteiger partial charge on any atom is -0.385 e. The Labute approximate surface area is 88.1 Å². The lowest BCUT2D eigenvalue weighted by molar-refractivity contribution is -0.150. The van der Waals surface area contributed by atoms with Crippen molar-refractivity contribution in [2.24, 2.45) is 0 Å². The Morgan fingerprint density at radius 3 is 2.36 bits per heavy atom. The van der Waals surface area contributed by atoms with Crippen LogP contribution in [-0.4, -0.2) is 11.9 Å². The van der Waals surface area contributed by atoms with Gasteiger partial charge in [0.2, 0.25) is 0 Å². The molecule has 0 saturated carbocycles. The maximum absolute atomic E-state index is 11.1. The van der Waals surface area contributed by atoms with Gasteiger partial charge in [0.15, 0.2) is 0 Å². The Morgan fingerprint density at radius 2 is 1.86 bits per heavy atom. The SMILES string of the molecule is CCCCCCC1=C(Cl)C(=O)OC1=O. The zero-order valence-electron chi connectivity index (χ0n) is 8.14. The summed E-state index contributed by atoms with van der Waals surface area (Å²) in [4.78, 5) is 21.9. The second kappa shape index (κ2) is 5.15. The summed E-state index contributed by atoms with van der Waals surface area (Å²) in [5.74, 6) is -1.28. The fourth-order valence-electron chi connectivity index (χ4n) is 1.34. The minimum absolute atomic E-state index is 0.0356. The second-order valence-electron chi connectivity index (χ2n) is 3.28. The molecular formula is C10H13ClO3. The molecule has 0 aromatic carbocycles. The number of hydrogen-bond acceptors (Lipinski definition) is 3. The molecule has 0 N–H and O–H groups in total. The smallest absolute Gasteiger partial charge is 0.358 e. The molecule has 1 aliphatic heterocycles. The number of esters is 2. The molecule has 0 aliphatic carbocycles. The molecule has 78 valence electrons. The average molecular weight is 217 g/mol. The van der Waals surface area contributed by atoms with Crippen LogP contribution in [0.2, 0.25) is 0 Å². The first-order chi connectivity index (χ1) is 6.66. The van der Waals surface area contributed by atoms with E-state index in [4.69, 9.17) is 11.6 Å². The van der Waals surface area contributed by atoms with Gasteiger partial charge >= 0.3 is 11.9 Å². The molecule has 1 aliphatic rings. The van der Waals surface area contributed by atoms with Crippen molar-refractivity contribution in [2.75, 3.05) is 0 Å². The van der Waals surface area contributed by atoms with Gasteiger partial charge in [0.25, 0.3) is 0 Å². The van der Waals surface area contributed by atoms with E-state index < -0.39 is 11.9 Å². The molecule has 0 aromatic heterocycles. The summed E-state index contributed by atoms with van der Waals surface area (Å²) in [7, 11) is 0. The largest absolute Gasteiger partial charge is 0.385 e. The Morgan fingerprint density at radius 1 is 1.14 bits per heavy atom. The molecular weight excluding hydrogens is 204 g/mol. The van der Waals surface area contributed by atoms with Gasteiger partial charge in [-0.15, -0.1) is 0 Å². The van der Waals surface area contributed by atoms with Crippen LogP contribution in [0.1, 0.15) is 39.0 Å². The first-order valence-electron chi connectivity index (χ1n) is 4.82. The summed E-state index contributed by atoms with van der Waals surface area (Å²) in [6.45, 7) is 2.11. The van der Waals surface area contributed by atoms with Gasteiger partial charge in [-0.1, -0.05) is 37.8 Å². The van der Waals surface area contributed by atoms with Crippen molar-refractivity contribution in [3.05, 3.63) is 10.6 Å². The maximum Gasteiger partial charge on any atom is 0.358 e. The van der Waals surface area contributed by atoms with Crippen LogP contribution in [0.15, 0.2) is 10.6 Å².